The zero-order chi connectivity index (χ0) is 30.8. The monoisotopic (exact) mass is 609 g/mol. The maximum atomic E-state index is 14.5. The molecule has 2 atom stereocenters. The fourth-order valence-electron chi connectivity index (χ4n) is 4.91. The van der Waals surface area contributed by atoms with E-state index in [1.54, 1.807) is 24.5 Å². The lowest BCUT2D eigenvalue weighted by Crippen LogP contribution is -2.45. The molecule has 2 N–H and O–H groups in total. The lowest BCUT2D eigenvalue weighted by atomic mass is 10.1. The number of halogens is 3. The van der Waals surface area contributed by atoms with Crippen molar-refractivity contribution < 1.29 is 26.4 Å². The average Bonchev–Trinajstić information content (AvgIpc) is 3.33. The molecule has 0 saturated carbocycles. The van der Waals surface area contributed by atoms with Crippen molar-refractivity contribution >= 4 is 21.7 Å². The smallest absolute Gasteiger partial charge is 0.263 e. The predicted molar refractivity (Wildman–Crippen MR) is 156 cm³/mol. The van der Waals surface area contributed by atoms with Gasteiger partial charge in [-0.15, -0.1) is 0 Å². The summed E-state index contributed by atoms with van der Waals surface area (Å²) in [6, 6.07) is 17.1. The van der Waals surface area contributed by atoms with E-state index in [4.69, 9.17) is 4.98 Å². The summed E-state index contributed by atoms with van der Waals surface area (Å²) in [7, 11) is -4.50. The molecule has 5 rings (SSSR count). The van der Waals surface area contributed by atoms with E-state index >= 15 is 0 Å². The van der Waals surface area contributed by atoms with Gasteiger partial charge in [0.25, 0.3) is 5.92 Å². The first-order valence-corrected chi connectivity index (χ1v) is 15.0. The van der Waals surface area contributed by atoms with Crippen LogP contribution in [-0.2, 0) is 21.4 Å². The van der Waals surface area contributed by atoms with E-state index in [2.05, 4.69) is 15.6 Å². The number of amides is 1. The van der Waals surface area contributed by atoms with Gasteiger partial charge in [0.2, 0.25) is 15.9 Å². The van der Waals surface area contributed by atoms with E-state index in [1.165, 1.54) is 0 Å². The first kappa shape index (κ1) is 30.2. The summed E-state index contributed by atoms with van der Waals surface area (Å²) >= 11 is 0. The third-order valence-corrected chi connectivity index (χ3v) is 9.09. The molecule has 224 valence electrons. The number of rotatable bonds is 9. The van der Waals surface area contributed by atoms with Crippen LogP contribution in [0.25, 0.3) is 11.3 Å². The molecule has 1 saturated heterocycles. The number of aromatic nitrogens is 2. The van der Waals surface area contributed by atoms with Crippen molar-refractivity contribution in [1.82, 2.24) is 19.6 Å². The van der Waals surface area contributed by atoms with Gasteiger partial charge in [0, 0.05) is 30.9 Å². The molecule has 1 amide bonds. The van der Waals surface area contributed by atoms with Gasteiger partial charge in [-0.2, -0.15) is 4.31 Å². The van der Waals surface area contributed by atoms with Crippen molar-refractivity contribution in [3.8, 4) is 11.3 Å². The molecule has 43 heavy (non-hydrogen) atoms. The van der Waals surface area contributed by atoms with E-state index in [-0.39, 0.29) is 17.5 Å². The maximum absolute atomic E-state index is 14.5. The summed E-state index contributed by atoms with van der Waals surface area (Å²) in [5.74, 6) is -4.42. The van der Waals surface area contributed by atoms with Gasteiger partial charge in [-0.25, -0.2) is 26.6 Å². The minimum Gasteiger partial charge on any atom is -0.364 e. The van der Waals surface area contributed by atoms with Crippen LogP contribution in [-0.4, -0.2) is 47.1 Å². The summed E-state index contributed by atoms with van der Waals surface area (Å²) in [5, 5.41) is 6.00. The lowest BCUT2D eigenvalue weighted by molar-refractivity contribution is -0.124. The number of nitrogens with zero attached hydrogens (tertiary/aromatic N) is 3. The predicted octanol–water partition coefficient (Wildman–Crippen LogP) is 5.48. The Bertz CT molecular complexity index is 1700. The number of hydrogen-bond acceptors (Lipinski definition) is 6. The summed E-state index contributed by atoms with van der Waals surface area (Å²) in [6.45, 7) is 2.72. The largest absolute Gasteiger partial charge is 0.364 e. The number of alkyl halides is 2. The molecule has 2 aromatic heterocycles. The molecular weight excluding hydrogens is 579 g/mol. The molecule has 1 aliphatic rings. The number of nitrogens with one attached hydrogen (secondary N) is 2. The lowest BCUT2D eigenvalue weighted by Gasteiger charge is -2.23. The summed E-state index contributed by atoms with van der Waals surface area (Å²) in [5.41, 5.74) is 4.15. The number of hydrogen-bond donors (Lipinski definition) is 2. The van der Waals surface area contributed by atoms with Gasteiger partial charge in [-0.1, -0.05) is 29.8 Å². The van der Waals surface area contributed by atoms with E-state index in [0.717, 1.165) is 41.0 Å². The molecule has 3 heterocycles. The second-order valence-electron chi connectivity index (χ2n) is 10.6. The van der Waals surface area contributed by atoms with Crippen LogP contribution in [0.1, 0.15) is 36.1 Å². The fourth-order valence-corrected chi connectivity index (χ4v) is 6.52. The Kier molecular flexibility index (Phi) is 8.52. The summed E-state index contributed by atoms with van der Waals surface area (Å²) in [4.78, 5) is 21.7. The highest BCUT2D eigenvalue weighted by Crippen LogP contribution is 2.36. The molecule has 0 aliphatic carbocycles. The molecule has 2 aromatic carbocycles. The summed E-state index contributed by atoms with van der Waals surface area (Å²) < 4.78 is 69.2. The van der Waals surface area contributed by atoms with Crippen molar-refractivity contribution in [2.24, 2.45) is 0 Å². The van der Waals surface area contributed by atoms with Crippen molar-refractivity contribution in [2.75, 3.05) is 11.9 Å². The van der Waals surface area contributed by atoms with E-state index < -0.39 is 46.7 Å². The van der Waals surface area contributed by atoms with Gasteiger partial charge in [0.05, 0.1) is 23.2 Å². The van der Waals surface area contributed by atoms with Gasteiger partial charge in [-0.05, 0) is 73.5 Å². The van der Waals surface area contributed by atoms with Crippen LogP contribution in [0.2, 0.25) is 0 Å². The average molecular weight is 610 g/mol. The Morgan fingerprint density at radius 2 is 1.72 bits per heavy atom. The van der Waals surface area contributed by atoms with E-state index in [0.29, 0.717) is 21.4 Å². The van der Waals surface area contributed by atoms with E-state index in [1.807, 2.05) is 50.2 Å². The Balaban J connectivity index is 1.39. The molecule has 1 unspecified atom stereocenters. The Morgan fingerprint density at radius 1 is 1.05 bits per heavy atom. The van der Waals surface area contributed by atoms with Crippen LogP contribution >= 0.6 is 0 Å². The maximum Gasteiger partial charge on any atom is 0.263 e. The van der Waals surface area contributed by atoms with Gasteiger partial charge >= 0.3 is 0 Å². The first-order chi connectivity index (χ1) is 20.4. The van der Waals surface area contributed by atoms with Crippen LogP contribution in [0.3, 0.4) is 0 Å². The van der Waals surface area contributed by atoms with Crippen LogP contribution in [0, 0.1) is 12.7 Å². The SMILES string of the molecule is Cc1ccc(-c2cc(CNC(=O)[C@@H]3CC(F)(F)CN3S(=O)(=O)c3ccc(F)cc3)cc(NC(C)c3ccncc3)n2)cc1. The number of carbonyl (C=O) groups excluding carboxylic acids is 1. The van der Waals surface area contributed by atoms with Crippen LogP contribution in [0.5, 0.6) is 0 Å². The fraction of sp³-hybridized carbons (Fsp3) is 0.258. The Morgan fingerprint density at radius 3 is 2.40 bits per heavy atom. The Hall–Kier alpha value is -4.29. The number of pyridine rings is 2. The molecule has 1 aliphatic heterocycles. The highest BCUT2D eigenvalue weighted by Gasteiger charge is 2.52. The number of benzene rings is 2. The van der Waals surface area contributed by atoms with Gasteiger partial charge in [0.15, 0.2) is 0 Å². The van der Waals surface area contributed by atoms with Crippen LogP contribution in [0.4, 0.5) is 19.0 Å². The molecular formula is C31H30F3N5O3S. The molecule has 0 spiro atoms. The van der Waals surface area contributed by atoms with Gasteiger partial charge < -0.3 is 10.6 Å². The number of carbonyl (C=O) groups is 1. The van der Waals surface area contributed by atoms with E-state index in [9.17, 15) is 26.4 Å². The Labute approximate surface area is 248 Å². The minimum atomic E-state index is -4.50. The number of sulfonamides is 1. The summed E-state index contributed by atoms with van der Waals surface area (Å²) in [6.07, 6.45) is 2.41. The number of anilines is 1. The zero-order valence-electron chi connectivity index (χ0n) is 23.5. The molecule has 0 radical (unpaired) electrons. The second-order valence-corrected chi connectivity index (χ2v) is 12.4. The first-order valence-electron chi connectivity index (χ1n) is 13.6. The molecule has 12 heteroatoms. The van der Waals surface area contributed by atoms with Crippen LogP contribution < -0.4 is 10.6 Å². The molecule has 0 bridgehead atoms. The zero-order valence-corrected chi connectivity index (χ0v) is 24.3. The topological polar surface area (TPSA) is 104 Å². The normalized spacial score (nSPS) is 17.4. The molecule has 4 aromatic rings. The van der Waals surface area contributed by atoms with Crippen molar-refractivity contribution in [2.45, 2.75) is 49.7 Å². The minimum absolute atomic E-state index is 0.0644. The van der Waals surface area contributed by atoms with Crippen molar-refractivity contribution in [1.29, 1.82) is 0 Å². The van der Waals surface area contributed by atoms with Crippen molar-refractivity contribution in [3.05, 3.63) is 108 Å². The molecule has 1 fully saturated rings. The number of aryl methyl sites for hydroxylation is 1. The standard InChI is InChI=1S/C31H30F3N5O3S/c1-20-3-5-24(6-4-20)27-15-22(16-29(38-27)37-21(2)23-11-13-35-14-12-23)18-36-30(40)28-17-31(33,34)19-39(28)43(41,42)26-9-7-25(32)8-10-26/h3-16,21,28H,17-19H2,1-2H3,(H,36,40)(H,37,38)/t21?,28-/m0/s1. The quantitative estimate of drug-likeness (QED) is 0.261. The van der Waals surface area contributed by atoms with Gasteiger partial charge in [0.1, 0.15) is 17.7 Å². The molecule has 8 nitrogen and oxygen atoms in total. The highest BCUT2D eigenvalue weighted by molar-refractivity contribution is 7.89. The third-order valence-electron chi connectivity index (χ3n) is 7.22. The van der Waals surface area contributed by atoms with Crippen LogP contribution in [0.15, 0.2) is 90.1 Å². The van der Waals surface area contributed by atoms with Gasteiger partial charge in [-0.3, -0.25) is 9.78 Å². The second kappa shape index (κ2) is 12.1. The highest BCUT2D eigenvalue weighted by atomic mass is 32.2. The third kappa shape index (κ3) is 7.03. The van der Waals surface area contributed by atoms with Crippen molar-refractivity contribution in [3.63, 3.8) is 0 Å².